The van der Waals surface area contributed by atoms with Crippen LogP contribution in [0.5, 0.6) is 0 Å². The van der Waals surface area contributed by atoms with Crippen molar-refractivity contribution in [2.45, 2.75) is 31.6 Å². The summed E-state index contributed by atoms with van der Waals surface area (Å²) in [5.74, 6) is -7.40. The van der Waals surface area contributed by atoms with E-state index >= 15 is 0 Å². The molecule has 0 saturated carbocycles. The molecule has 4 nitrogen and oxygen atoms in total. The average molecular weight is 295 g/mol. The lowest BCUT2D eigenvalue weighted by Gasteiger charge is -2.21. The highest BCUT2D eigenvalue weighted by molar-refractivity contribution is 5.80. The minimum Gasteiger partial charge on any atom is -0.481 e. The van der Waals surface area contributed by atoms with Crippen LogP contribution in [-0.4, -0.2) is 35.9 Å². The molecule has 10 heteroatoms. The third kappa shape index (κ3) is 6.87. The Morgan fingerprint density at radius 2 is 1.47 bits per heavy atom. The Hall–Kier alpha value is -1.48. The van der Waals surface area contributed by atoms with Gasteiger partial charge in [-0.15, -0.1) is 0 Å². The smallest absolute Gasteiger partial charge is 0.409 e. The van der Waals surface area contributed by atoms with E-state index in [0.29, 0.717) is 0 Å². The van der Waals surface area contributed by atoms with Gasteiger partial charge in [0, 0.05) is 13.0 Å². The first-order chi connectivity index (χ1) is 8.46. The minimum atomic E-state index is -5.72. The van der Waals surface area contributed by atoms with Gasteiger partial charge in [0.05, 0.1) is 0 Å². The molecule has 0 aliphatic rings. The van der Waals surface area contributed by atoms with Crippen LogP contribution in [0.2, 0.25) is 0 Å². The monoisotopic (exact) mass is 295 g/mol. The number of carboxylic acids is 1. The molecule has 1 amide bonds. The summed E-state index contributed by atoms with van der Waals surface area (Å²) >= 11 is 0. The van der Waals surface area contributed by atoms with Crippen LogP contribution >= 0.6 is 0 Å². The molecule has 0 atom stereocenters. The molecule has 0 saturated heterocycles. The van der Waals surface area contributed by atoms with E-state index in [0.717, 1.165) is 0 Å². The van der Waals surface area contributed by atoms with Crippen molar-refractivity contribution in [3.8, 4) is 0 Å². The molecule has 0 aliphatic heterocycles. The summed E-state index contributed by atoms with van der Waals surface area (Å²) in [6, 6.07) is 0. The Bertz CT molecular complexity index is 311. The van der Waals surface area contributed by atoms with Gasteiger partial charge in [-0.1, -0.05) is 0 Å². The number of nitrogens with one attached hydrogen (secondary N) is 1. The summed E-state index contributed by atoms with van der Waals surface area (Å²) in [5.41, 5.74) is 0. The number of carbonyl (C=O) groups excluding carboxylic acids is 1. The SMILES string of the molecule is O=C(O)CCCCNC(=O)C(C(F)(F)F)C(F)(F)F. The van der Waals surface area contributed by atoms with Crippen LogP contribution in [0.1, 0.15) is 19.3 Å². The van der Waals surface area contributed by atoms with Gasteiger partial charge >= 0.3 is 18.3 Å². The first-order valence-electron chi connectivity index (χ1n) is 5.09. The lowest BCUT2D eigenvalue weighted by Crippen LogP contribution is -2.48. The zero-order chi connectivity index (χ0) is 15.3. The number of hydrogen-bond donors (Lipinski definition) is 2. The zero-order valence-electron chi connectivity index (χ0n) is 9.44. The minimum absolute atomic E-state index is 0.0273. The van der Waals surface area contributed by atoms with Crippen molar-refractivity contribution in [2.24, 2.45) is 5.92 Å². The summed E-state index contributed by atoms with van der Waals surface area (Å²) in [7, 11) is 0. The first kappa shape index (κ1) is 17.5. The molecule has 0 rings (SSSR count). The van der Waals surface area contributed by atoms with Crippen LogP contribution in [-0.2, 0) is 9.59 Å². The number of carboxylic acid groups (broad SMARTS) is 1. The average Bonchev–Trinajstić information content (AvgIpc) is 2.11. The Labute approximate surface area is 103 Å². The second-order valence-corrected chi connectivity index (χ2v) is 3.66. The van der Waals surface area contributed by atoms with E-state index in [9.17, 15) is 35.9 Å². The number of aliphatic carboxylic acids is 1. The van der Waals surface area contributed by atoms with Crippen molar-refractivity contribution in [1.29, 1.82) is 0 Å². The number of hydrogen-bond acceptors (Lipinski definition) is 2. The summed E-state index contributed by atoms with van der Waals surface area (Å²) < 4.78 is 72.5. The Morgan fingerprint density at radius 3 is 1.84 bits per heavy atom. The Morgan fingerprint density at radius 1 is 1.00 bits per heavy atom. The molecule has 0 aromatic rings. The van der Waals surface area contributed by atoms with Crippen LogP contribution in [0.25, 0.3) is 0 Å². The predicted octanol–water partition coefficient (Wildman–Crippen LogP) is 2.10. The second kappa shape index (κ2) is 6.62. The van der Waals surface area contributed by atoms with Crippen molar-refractivity contribution >= 4 is 11.9 Å². The number of alkyl halides is 6. The number of halogens is 6. The van der Waals surface area contributed by atoms with Gasteiger partial charge in [-0.25, -0.2) is 0 Å². The molecule has 0 radical (unpaired) electrons. The van der Waals surface area contributed by atoms with Crippen molar-refractivity contribution < 1.29 is 41.0 Å². The molecule has 0 aromatic heterocycles. The van der Waals surface area contributed by atoms with E-state index in [1.165, 1.54) is 5.32 Å². The highest BCUT2D eigenvalue weighted by Crippen LogP contribution is 2.39. The van der Waals surface area contributed by atoms with E-state index < -0.39 is 36.7 Å². The predicted molar refractivity (Wildman–Crippen MR) is 50.1 cm³/mol. The van der Waals surface area contributed by atoms with Gasteiger partial charge in [0.15, 0.2) is 0 Å². The molecular weight excluding hydrogens is 284 g/mol. The van der Waals surface area contributed by atoms with E-state index in [2.05, 4.69) is 0 Å². The quantitative estimate of drug-likeness (QED) is 0.582. The third-order valence-corrected chi connectivity index (χ3v) is 2.03. The van der Waals surface area contributed by atoms with Crippen LogP contribution < -0.4 is 5.32 Å². The normalized spacial score (nSPS) is 12.6. The van der Waals surface area contributed by atoms with Crippen LogP contribution in [0, 0.1) is 5.92 Å². The standard InChI is InChI=1S/C9H11F6NO3/c10-8(11,12)6(9(13,14)15)7(19)16-4-2-1-3-5(17)18/h6H,1-4H2,(H,16,19)(H,17,18). The highest BCUT2D eigenvalue weighted by atomic mass is 19.4. The second-order valence-electron chi connectivity index (χ2n) is 3.66. The molecule has 0 unspecified atom stereocenters. The Kier molecular flexibility index (Phi) is 6.10. The molecule has 0 aromatic carbocycles. The van der Waals surface area contributed by atoms with Crippen molar-refractivity contribution in [3.63, 3.8) is 0 Å². The van der Waals surface area contributed by atoms with E-state index in [4.69, 9.17) is 5.11 Å². The topological polar surface area (TPSA) is 66.4 Å². The first-order valence-corrected chi connectivity index (χ1v) is 5.09. The highest BCUT2D eigenvalue weighted by Gasteiger charge is 2.60. The zero-order valence-corrected chi connectivity index (χ0v) is 9.44. The maximum Gasteiger partial charge on any atom is 0.409 e. The number of amides is 1. The molecular formula is C9H11F6NO3. The molecule has 0 fully saturated rings. The molecule has 2 N–H and O–H groups in total. The summed E-state index contributed by atoms with van der Waals surface area (Å²) in [6.07, 6.45) is -11.7. The van der Waals surface area contributed by atoms with Crippen LogP contribution in [0.15, 0.2) is 0 Å². The van der Waals surface area contributed by atoms with Crippen molar-refractivity contribution in [3.05, 3.63) is 0 Å². The van der Waals surface area contributed by atoms with Gasteiger partial charge in [-0.2, -0.15) is 26.3 Å². The van der Waals surface area contributed by atoms with Crippen LogP contribution in [0.4, 0.5) is 26.3 Å². The van der Waals surface area contributed by atoms with E-state index in [1.54, 1.807) is 0 Å². The van der Waals surface area contributed by atoms with Crippen LogP contribution in [0.3, 0.4) is 0 Å². The summed E-state index contributed by atoms with van der Waals surface area (Å²) in [5, 5.41) is 9.74. The fourth-order valence-electron chi connectivity index (χ4n) is 1.20. The number of rotatable bonds is 6. The van der Waals surface area contributed by atoms with E-state index in [1.807, 2.05) is 0 Å². The van der Waals surface area contributed by atoms with Crippen molar-refractivity contribution in [1.82, 2.24) is 5.32 Å². The fourth-order valence-corrected chi connectivity index (χ4v) is 1.20. The lowest BCUT2D eigenvalue weighted by atomic mass is 10.1. The van der Waals surface area contributed by atoms with E-state index in [-0.39, 0.29) is 19.3 Å². The largest absolute Gasteiger partial charge is 0.481 e. The Balaban J connectivity index is 4.33. The molecule has 0 heterocycles. The van der Waals surface area contributed by atoms with Gasteiger partial charge < -0.3 is 10.4 Å². The van der Waals surface area contributed by atoms with Gasteiger partial charge in [0.25, 0.3) is 0 Å². The number of carbonyl (C=O) groups is 2. The molecule has 0 aliphatic carbocycles. The van der Waals surface area contributed by atoms with Gasteiger partial charge in [-0.05, 0) is 12.8 Å². The van der Waals surface area contributed by atoms with Gasteiger partial charge in [0.1, 0.15) is 0 Å². The summed E-state index contributed by atoms with van der Waals surface area (Å²) in [6.45, 7) is -0.450. The fraction of sp³-hybridized carbons (Fsp3) is 0.778. The molecule has 0 spiro atoms. The van der Waals surface area contributed by atoms with Crippen molar-refractivity contribution in [2.75, 3.05) is 6.54 Å². The lowest BCUT2D eigenvalue weighted by molar-refractivity contribution is -0.274. The maximum atomic E-state index is 12.1. The van der Waals surface area contributed by atoms with Gasteiger partial charge in [-0.3, -0.25) is 9.59 Å². The molecule has 0 bridgehead atoms. The molecule has 112 valence electrons. The third-order valence-electron chi connectivity index (χ3n) is 2.03. The molecule has 19 heavy (non-hydrogen) atoms. The summed E-state index contributed by atoms with van der Waals surface area (Å²) in [4.78, 5) is 20.9. The number of unbranched alkanes of at least 4 members (excludes halogenated alkanes) is 1. The maximum absolute atomic E-state index is 12.1. The van der Waals surface area contributed by atoms with Gasteiger partial charge in [0.2, 0.25) is 11.8 Å².